The van der Waals surface area contributed by atoms with Crippen LogP contribution in [0.25, 0.3) is 0 Å². The smallest absolute Gasteiger partial charge is 0.261 e. The van der Waals surface area contributed by atoms with Crippen molar-refractivity contribution < 1.29 is 9.53 Å². The van der Waals surface area contributed by atoms with Crippen molar-refractivity contribution in [3.05, 3.63) is 50.6 Å². The van der Waals surface area contributed by atoms with Gasteiger partial charge in [-0.15, -0.1) is 11.3 Å². The average Bonchev–Trinajstić information content (AvgIpc) is 2.93. The minimum atomic E-state index is -0.647. The van der Waals surface area contributed by atoms with Gasteiger partial charge in [0.1, 0.15) is 5.75 Å². The lowest BCUT2D eigenvalue weighted by Gasteiger charge is -2.15. The number of amides is 1. The van der Waals surface area contributed by atoms with E-state index < -0.39 is 6.10 Å². The molecule has 1 heterocycles. The minimum Gasteiger partial charge on any atom is -0.479 e. The molecule has 1 atom stereocenters. The van der Waals surface area contributed by atoms with Crippen molar-refractivity contribution in [2.75, 3.05) is 0 Å². The SMILES string of the molecule is C[C@@H](Oc1cc(Cl)ccc1Cl)C(=O)NCc1cccs1. The van der Waals surface area contributed by atoms with E-state index in [1.165, 1.54) is 0 Å². The van der Waals surface area contributed by atoms with E-state index in [1.807, 2.05) is 17.5 Å². The first-order valence-electron chi connectivity index (χ1n) is 5.98. The Labute approximate surface area is 131 Å². The van der Waals surface area contributed by atoms with E-state index in [1.54, 1.807) is 36.5 Å². The zero-order chi connectivity index (χ0) is 14.5. The fraction of sp³-hybridized carbons (Fsp3) is 0.214. The molecule has 0 bridgehead atoms. The summed E-state index contributed by atoms with van der Waals surface area (Å²) in [4.78, 5) is 13.0. The molecular formula is C14H13Cl2NO2S. The molecule has 1 aromatic carbocycles. The van der Waals surface area contributed by atoms with Crippen molar-refractivity contribution in [2.45, 2.75) is 19.6 Å². The van der Waals surface area contributed by atoms with Crippen LogP contribution in [0, 0.1) is 0 Å². The lowest BCUT2D eigenvalue weighted by molar-refractivity contribution is -0.127. The van der Waals surface area contributed by atoms with Gasteiger partial charge in [0, 0.05) is 16.0 Å². The molecule has 0 radical (unpaired) electrons. The van der Waals surface area contributed by atoms with E-state index in [2.05, 4.69) is 5.32 Å². The molecule has 0 unspecified atom stereocenters. The summed E-state index contributed by atoms with van der Waals surface area (Å²) in [5.74, 6) is 0.201. The van der Waals surface area contributed by atoms with Gasteiger partial charge in [-0.2, -0.15) is 0 Å². The molecule has 0 saturated heterocycles. The highest BCUT2D eigenvalue weighted by Crippen LogP contribution is 2.28. The summed E-state index contributed by atoms with van der Waals surface area (Å²) in [6.07, 6.45) is -0.647. The van der Waals surface area contributed by atoms with Crippen LogP contribution in [0.2, 0.25) is 10.0 Å². The molecule has 0 aliphatic heterocycles. The zero-order valence-electron chi connectivity index (χ0n) is 10.7. The van der Waals surface area contributed by atoms with Crippen LogP contribution < -0.4 is 10.1 Å². The standard InChI is InChI=1S/C14H13Cl2NO2S/c1-9(14(18)17-8-11-3-2-6-20-11)19-13-7-10(15)4-5-12(13)16/h2-7,9H,8H2,1H3,(H,17,18)/t9-/m1/s1. The first kappa shape index (κ1) is 15.2. The molecule has 106 valence electrons. The predicted octanol–water partition coefficient (Wildman–Crippen LogP) is 4.14. The summed E-state index contributed by atoms with van der Waals surface area (Å²) in [7, 11) is 0. The molecule has 3 nitrogen and oxygen atoms in total. The summed E-state index contributed by atoms with van der Waals surface area (Å²) in [5.41, 5.74) is 0. The van der Waals surface area contributed by atoms with Crippen LogP contribution >= 0.6 is 34.5 Å². The fourth-order valence-corrected chi connectivity index (χ4v) is 2.51. The average molecular weight is 330 g/mol. The molecule has 6 heteroatoms. The Morgan fingerprint density at radius 2 is 2.20 bits per heavy atom. The highest BCUT2D eigenvalue weighted by Gasteiger charge is 2.16. The number of benzene rings is 1. The van der Waals surface area contributed by atoms with Crippen molar-refractivity contribution in [3.63, 3.8) is 0 Å². The number of halogens is 2. The second kappa shape index (κ2) is 6.97. The number of carbonyl (C=O) groups excluding carboxylic acids is 1. The molecule has 0 aliphatic carbocycles. The largest absolute Gasteiger partial charge is 0.479 e. The van der Waals surface area contributed by atoms with Gasteiger partial charge >= 0.3 is 0 Å². The molecule has 1 N–H and O–H groups in total. The normalized spacial score (nSPS) is 11.9. The lowest BCUT2D eigenvalue weighted by atomic mass is 10.3. The molecule has 2 aromatic rings. The number of nitrogens with one attached hydrogen (secondary N) is 1. The maximum absolute atomic E-state index is 11.9. The van der Waals surface area contributed by atoms with E-state index in [0.29, 0.717) is 22.3 Å². The molecule has 1 aromatic heterocycles. The van der Waals surface area contributed by atoms with E-state index in [0.717, 1.165) is 4.88 Å². The van der Waals surface area contributed by atoms with Gasteiger partial charge in [0.05, 0.1) is 11.6 Å². The number of carbonyl (C=O) groups is 1. The van der Waals surface area contributed by atoms with Crippen LogP contribution in [-0.2, 0) is 11.3 Å². The molecule has 0 saturated carbocycles. The number of rotatable bonds is 5. The van der Waals surface area contributed by atoms with Gasteiger partial charge in [-0.1, -0.05) is 29.3 Å². The number of hydrogen-bond acceptors (Lipinski definition) is 3. The first-order chi connectivity index (χ1) is 9.56. The molecule has 1 amide bonds. The Balaban J connectivity index is 1.92. The van der Waals surface area contributed by atoms with Crippen LogP contribution in [0.3, 0.4) is 0 Å². The monoisotopic (exact) mass is 329 g/mol. The van der Waals surface area contributed by atoms with Crippen LogP contribution in [0.5, 0.6) is 5.75 Å². The van der Waals surface area contributed by atoms with E-state index in [9.17, 15) is 4.79 Å². The highest BCUT2D eigenvalue weighted by atomic mass is 35.5. The Hall–Kier alpha value is -1.23. The van der Waals surface area contributed by atoms with Crippen molar-refractivity contribution in [3.8, 4) is 5.75 Å². The summed E-state index contributed by atoms with van der Waals surface area (Å²) in [6.45, 7) is 2.16. The third-order valence-electron chi connectivity index (χ3n) is 2.58. The van der Waals surface area contributed by atoms with Gasteiger partial charge in [-0.25, -0.2) is 0 Å². The molecule has 0 spiro atoms. The van der Waals surface area contributed by atoms with Gasteiger partial charge in [0.2, 0.25) is 0 Å². The van der Waals surface area contributed by atoms with Crippen LogP contribution in [0.1, 0.15) is 11.8 Å². The van der Waals surface area contributed by atoms with Crippen LogP contribution in [0.15, 0.2) is 35.7 Å². The second-order valence-electron chi connectivity index (χ2n) is 4.13. The van der Waals surface area contributed by atoms with Crippen molar-refractivity contribution >= 4 is 40.4 Å². The van der Waals surface area contributed by atoms with Gasteiger partial charge in [0.15, 0.2) is 6.10 Å². The topological polar surface area (TPSA) is 38.3 Å². The Morgan fingerprint density at radius 3 is 2.90 bits per heavy atom. The zero-order valence-corrected chi connectivity index (χ0v) is 13.1. The Kier molecular flexibility index (Phi) is 5.29. The lowest BCUT2D eigenvalue weighted by Crippen LogP contribution is -2.35. The van der Waals surface area contributed by atoms with Gasteiger partial charge in [0.25, 0.3) is 5.91 Å². The summed E-state index contributed by atoms with van der Waals surface area (Å²) in [6, 6.07) is 8.79. The summed E-state index contributed by atoms with van der Waals surface area (Å²) in [5, 5.41) is 5.71. The molecule has 0 aliphatic rings. The molecule has 0 fully saturated rings. The predicted molar refractivity (Wildman–Crippen MR) is 82.7 cm³/mol. The van der Waals surface area contributed by atoms with E-state index in [4.69, 9.17) is 27.9 Å². The van der Waals surface area contributed by atoms with Crippen molar-refractivity contribution in [1.29, 1.82) is 0 Å². The van der Waals surface area contributed by atoms with Gasteiger partial charge in [-0.05, 0) is 30.5 Å². The Morgan fingerprint density at radius 1 is 1.40 bits per heavy atom. The van der Waals surface area contributed by atoms with Gasteiger partial charge < -0.3 is 10.1 Å². The number of ether oxygens (including phenoxy) is 1. The van der Waals surface area contributed by atoms with E-state index >= 15 is 0 Å². The number of hydrogen-bond donors (Lipinski definition) is 1. The Bertz CT molecular complexity index is 587. The van der Waals surface area contributed by atoms with Crippen LogP contribution in [0.4, 0.5) is 0 Å². The van der Waals surface area contributed by atoms with Crippen molar-refractivity contribution in [2.24, 2.45) is 0 Å². The fourth-order valence-electron chi connectivity index (χ4n) is 1.54. The highest BCUT2D eigenvalue weighted by molar-refractivity contribution is 7.09. The molecular weight excluding hydrogens is 317 g/mol. The minimum absolute atomic E-state index is 0.200. The van der Waals surface area contributed by atoms with Gasteiger partial charge in [-0.3, -0.25) is 4.79 Å². The summed E-state index contributed by atoms with van der Waals surface area (Å²) >= 11 is 13.5. The molecule has 20 heavy (non-hydrogen) atoms. The summed E-state index contributed by atoms with van der Waals surface area (Å²) < 4.78 is 5.53. The van der Waals surface area contributed by atoms with E-state index in [-0.39, 0.29) is 5.91 Å². The third-order valence-corrected chi connectivity index (χ3v) is 4.01. The molecule has 2 rings (SSSR count). The first-order valence-corrected chi connectivity index (χ1v) is 7.61. The maximum Gasteiger partial charge on any atom is 0.261 e. The third kappa shape index (κ3) is 4.13. The van der Waals surface area contributed by atoms with Crippen LogP contribution in [-0.4, -0.2) is 12.0 Å². The quantitative estimate of drug-likeness (QED) is 0.895. The second-order valence-corrected chi connectivity index (χ2v) is 6.01. The van der Waals surface area contributed by atoms with Crippen molar-refractivity contribution in [1.82, 2.24) is 5.32 Å². The maximum atomic E-state index is 11.9. The number of thiophene rings is 1.